The third-order valence-electron chi connectivity index (χ3n) is 3.85. The highest BCUT2D eigenvalue weighted by Crippen LogP contribution is 2.37. The molecule has 1 heterocycles. The van der Waals surface area contributed by atoms with Crippen molar-refractivity contribution in [2.24, 2.45) is 18.7 Å². The van der Waals surface area contributed by atoms with Crippen LogP contribution in [0.15, 0.2) is 5.03 Å². The molecule has 1 aromatic rings. The van der Waals surface area contributed by atoms with Crippen LogP contribution >= 0.6 is 11.8 Å². The predicted molar refractivity (Wildman–Crippen MR) is 78.0 cm³/mol. The molecule has 0 aliphatic heterocycles. The maximum absolute atomic E-state index is 5.72. The van der Waals surface area contributed by atoms with Gasteiger partial charge < -0.3 is 5.73 Å². The van der Waals surface area contributed by atoms with E-state index in [0.29, 0.717) is 6.54 Å². The normalized spacial score (nSPS) is 24.4. The van der Waals surface area contributed by atoms with Crippen LogP contribution in [0.2, 0.25) is 0 Å². The second-order valence-corrected chi connectivity index (χ2v) is 6.83. The van der Waals surface area contributed by atoms with E-state index < -0.39 is 0 Å². The van der Waals surface area contributed by atoms with Crippen LogP contribution in [-0.4, -0.2) is 21.6 Å². The van der Waals surface area contributed by atoms with Crippen molar-refractivity contribution in [2.45, 2.75) is 56.2 Å². The zero-order chi connectivity index (χ0) is 13.1. The highest BCUT2D eigenvalue weighted by molar-refractivity contribution is 7.99. The van der Waals surface area contributed by atoms with Gasteiger partial charge in [-0.25, -0.2) is 0 Å². The molecule has 3 nitrogen and oxygen atoms in total. The molecular formula is C14H25N3S. The second-order valence-electron chi connectivity index (χ2n) is 5.54. The number of hydrogen-bond acceptors (Lipinski definition) is 3. The third kappa shape index (κ3) is 3.09. The summed E-state index contributed by atoms with van der Waals surface area (Å²) in [4.78, 5) is 0. The number of rotatable bonds is 4. The van der Waals surface area contributed by atoms with Gasteiger partial charge in [-0.15, -0.1) is 11.8 Å². The molecule has 0 aromatic carbocycles. The van der Waals surface area contributed by atoms with Crippen LogP contribution in [0, 0.1) is 12.8 Å². The zero-order valence-electron chi connectivity index (χ0n) is 11.8. The van der Waals surface area contributed by atoms with E-state index in [-0.39, 0.29) is 0 Å². The lowest BCUT2D eigenvalue weighted by molar-refractivity contribution is 0.393. The number of aryl methyl sites for hydroxylation is 2. The minimum atomic E-state index is 0.709. The smallest absolute Gasteiger partial charge is 0.0974 e. The summed E-state index contributed by atoms with van der Waals surface area (Å²) in [5, 5.41) is 6.66. The Balaban J connectivity index is 2.12. The van der Waals surface area contributed by atoms with Gasteiger partial charge in [0.25, 0.3) is 0 Å². The van der Waals surface area contributed by atoms with Crippen molar-refractivity contribution in [3.8, 4) is 0 Å². The summed E-state index contributed by atoms with van der Waals surface area (Å²) >= 11 is 2.03. The van der Waals surface area contributed by atoms with Gasteiger partial charge in [0.15, 0.2) is 0 Å². The highest BCUT2D eigenvalue weighted by atomic mass is 32.2. The van der Waals surface area contributed by atoms with E-state index in [9.17, 15) is 0 Å². The molecule has 1 saturated carbocycles. The predicted octanol–water partition coefficient (Wildman–Crippen LogP) is 2.90. The molecule has 2 unspecified atom stereocenters. The summed E-state index contributed by atoms with van der Waals surface area (Å²) in [5.74, 6) is 0.878. The van der Waals surface area contributed by atoms with E-state index in [1.54, 1.807) is 0 Å². The van der Waals surface area contributed by atoms with Gasteiger partial charge in [0.2, 0.25) is 0 Å². The summed E-state index contributed by atoms with van der Waals surface area (Å²) in [6.45, 7) is 5.18. The molecular weight excluding hydrogens is 242 g/mol. The fraction of sp³-hybridized carbons (Fsp3) is 0.786. The van der Waals surface area contributed by atoms with Crippen LogP contribution in [0.5, 0.6) is 0 Å². The van der Waals surface area contributed by atoms with Crippen molar-refractivity contribution >= 4 is 11.8 Å². The fourth-order valence-corrected chi connectivity index (χ4v) is 4.51. The van der Waals surface area contributed by atoms with Gasteiger partial charge in [0.05, 0.1) is 10.7 Å². The van der Waals surface area contributed by atoms with E-state index in [0.717, 1.165) is 23.3 Å². The summed E-state index contributed by atoms with van der Waals surface area (Å²) in [6.07, 6.45) is 6.42. The second kappa shape index (κ2) is 6.11. The Morgan fingerprint density at radius 2 is 2.22 bits per heavy atom. The Morgan fingerprint density at radius 1 is 1.44 bits per heavy atom. The van der Waals surface area contributed by atoms with Gasteiger partial charge in [0.1, 0.15) is 0 Å². The van der Waals surface area contributed by atoms with Crippen LogP contribution in [0.3, 0.4) is 0 Å². The lowest BCUT2D eigenvalue weighted by atomic mass is 9.91. The lowest BCUT2D eigenvalue weighted by Gasteiger charge is -2.26. The highest BCUT2D eigenvalue weighted by Gasteiger charge is 2.23. The molecule has 0 amide bonds. The minimum absolute atomic E-state index is 0.709. The minimum Gasteiger partial charge on any atom is -0.330 e. The maximum Gasteiger partial charge on any atom is 0.0974 e. The van der Waals surface area contributed by atoms with Crippen LogP contribution < -0.4 is 5.73 Å². The van der Waals surface area contributed by atoms with Gasteiger partial charge >= 0.3 is 0 Å². The summed E-state index contributed by atoms with van der Waals surface area (Å²) in [5.41, 5.74) is 8.23. The Bertz CT molecular complexity index is 400. The lowest BCUT2D eigenvalue weighted by Crippen LogP contribution is -2.16. The third-order valence-corrected chi connectivity index (χ3v) is 5.35. The van der Waals surface area contributed by atoms with Crippen molar-refractivity contribution in [3.05, 3.63) is 11.3 Å². The zero-order valence-corrected chi connectivity index (χ0v) is 12.6. The topological polar surface area (TPSA) is 43.8 Å². The number of aromatic nitrogens is 2. The van der Waals surface area contributed by atoms with Crippen molar-refractivity contribution in [1.29, 1.82) is 0 Å². The molecule has 1 fully saturated rings. The summed E-state index contributed by atoms with van der Waals surface area (Å²) < 4.78 is 2.05. The van der Waals surface area contributed by atoms with Crippen LogP contribution in [0.25, 0.3) is 0 Å². The monoisotopic (exact) mass is 267 g/mol. The quantitative estimate of drug-likeness (QED) is 0.912. The number of thioether (sulfide) groups is 1. The first-order valence-corrected chi connectivity index (χ1v) is 7.89. The average Bonchev–Trinajstić information content (AvgIpc) is 2.57. The van der Waals surface area contributed by atoms with Crippen molar-refractivity contribution in [2.75, 3.05) is 6.54 Å². The van der Waals surface area contributed by atoms with Gasteiger partial charge in [-0.1, -0.05) is 19.8 Å². The maximum atomic E-state index is 5.72. The first-order chi connectivity index (χ1) is 8.61. The van der Waals surface area contributed by atoms with E-state index in [1.165, 1.54) is 36.3 Å². The van der Waals surface area contributed by atoms with Gasteiger partial charge in [-0.05, 0) is 38.6 Å². The van der Waals surface area contributed by atoms with Crippen LogP contribution in [0.4, 0.5) is 0 Å². The van der Waals surface area contributed by atoms with Crippen LogP contribution in [0.1, 0.15) is 43.9 Å². The molecule has 0 radical (unpaired) electrons. The fourth-order valence-electron chi connectivity index (χ4n) is 2.90. The molecule has 18 heavy (non-hydrogen) atoms. The molecule has 0 bridgehead atoms. The van der Waals surface area contributed by atoms with Crippen molar-refractivity contribution in [3.63, 3.8) is 0 Å². The van der Waals surface area contributed by atoms with E-state index in [4.69, 9.17) is 5.73 Å². The Hall–Kier alpha value is -0.480. The SMILES string of the molecule is Cc1nn(C)c(SC2CCCC(C)C2)c1CCN. The van der Waals surface area contributed by atoms with Crippen molar-refractivity contribution < 1.29 is 0 Å². The summed E-state index contributed by atoms with van der Waals surface area (Å²) in [7, 11) is 2.06. The van der Waals surface area contributed by atoms with Gasteiger partial charge in [0, 0.05) is 17.9 Å². The summed E-state index contributed by atoms with van der Waals surface area (Å²) in [6, 6.07) is 0. The Labute approximate surface area is 115 Å². The number of nitrogens with zero attached hydrogens (tertiary/aromatic N) is 2. The standard InChI is InChI=1S/C14H25N3S/c1-10-5-4-6-12(9-10)18-14-13(7-8-15)11(2)16-17(14)3/h10,12H,4-9,15H2,1-3H3. The molecule has 102 valence electrons. The average molecular weight is 267 g/mol. The number of hydrogen-bond donors (Lipinski definition) is 1. The van der Waals surface area contributed by atoms with Gasteiger partial charge in [-0.3, -0.25) is 4.68 Å². The molecule has 2 atom stereocenters. The van der Waals surface area contributed by atoms with E-state index in [2.05, 4.69) is 26.0 Å². The molecule has 2 N–H and O–H groups in total. The molecule has 1 aliphatic rings. The Kier molecular flexibility index (Phi) is 4.73. The van der Waals surface area contributed by atoms with Gasteiger partial charge in [-0.2, -0.15) is 5.10 Å². The molecule has 1 aliphatic carbocycles. The first kappa shape index (κ1) is 13.9. The number of nitrogens with two attached hydrogens (primary N) is 1. The van der Waals surface area contributed by atoms with Crippen LogP contribution in [-0.2, 0) is 13.5 Å². The molecule has 2 rings (SSSR count). The van der Waals surface area contributed by atoms with Crippen molar-refractivity contribution in [1.82, 2.24) is 9.78 Å². The molecule has 1 aromatic heterocycles. The molecule has 0 spiro atoms. The van der Waals surface area contributed by atoms with E-state index >= 15 is 0 Å². The first-order valence-electron chi connectivity index (χ1n) is 7.01. The molecule has 0 saturated heterocycles. The Morgan fingerprint density at radius 3 is 2.89 bits per heavy atom. The molecule has 4 heteroatoms. The van der Waals surface area contributed by atoms with E-state index in [1.807, 2.05) is 16.4 Å². The largest absolute Gasteiger partial charge is 0.330 e.